The third kappa shape index (κ3) is 5.30. The van der Waals surface area contributed by atoms with Crippen molar-refractivity contribution in [2.45, 2.75) is 45.6 Å². The van der Waals surface area contributed by atoms with Crippen molar-refractivity contribution in [3.05, 3.63) is 59.7 Å². The second-order valence-corrected chi connectivity index (χ2v) is 7.58. The molecule has 2 aromatic carbocycles. The maximum Gasteiger partial charge on any atom is 0.227 e. The van der Waals surface area contributed by atoms with Crippen LogP contribution in [0.25, 0.3) is 0 Å². The smallest absolute Gasteiger partial charge is 0.227 e. The van der Waals surface area contributed by atoms with Gasteiger partial charge in [0, 0.05) is 30.4 Å². The molecule has 1 aliphatic heterocycles. The van der Waals surface area contributed by atoms with Gasteiger partial charge in [-0.2, -0.15) is 0 Å². The van der Waals surface area contributed by atoms with E-state index in [-0.39, 0.29) is 11.9 Å². The average Bonchev–Trinajstić information content (AvgIpc) is 3.08. The minimum Gasteiger partial charge on any atom is -0.360 e. The van der Waals surface area contributed by atoms with Gasteiger partial charge in [0.25, 0.3) is 0 Å². The van der Waals surface area contributed by atoms with E-state index in [0.717, 1.165) is 42.7 Å². The Morgan fingerprint density at radius 1 is 1.22 bits per heavy atom. The van der Waals surface area contributed by atoms with Crippen LogP contribution in [-0.2, 0) is 11.2 Å². The first-order valence-corrected chi connectivity index (χ1v) is 9.96. The normalized spacial score (nSPS) is 14.9. The van der Waals surface area contributed by atoms with Gasteiger partial charge in [0.2, 0.25) is 5.91 Å². The van der Waals surface area contributed by atoms with Crippen LogP contribution in [0.5, 0.6) is 0 Å². The monoisotopic (exact) mass is 381 g/mol. The van der Waals surface area contributed by atoms with Crippen LogP contribution in [0.4, 0.5) is 11.4 Å². The molecule has 142 valence electrons. The Bertz CT molecular complexity index is 806. The highest BCUT2D eigenvalue weighted by atomic mass is 32.1. The standard InChI is InChI=1S/C22H27N3OS/c1-16-10-13-19(15-20(16)25-14-6-9-21(25)26)24-22(27)23-17(2)11-12-18-7-4-3-5-8-18/h3-5,7-8,10,13,15,17H,6,9,11-12,14H2,1-2H3,(H2,23,24,27)/t17-/m0/s1. The number of nitrogens with one attached hydrogen (secondary N) is 2. The molecular formula is C22H27N3OS. The fraction of sp³-hybridized carbons (Fsp3) is 0.364. The van der Waals surface area contributed by atoms with Crippen molar-refractivity contribution in [1.29, 1.82) is 0 Å². The number of hydrogen-bond donors (Lipinski definition) is 2. The molecule has 1 heterocycles. The van der Waals surface area contributed by atoms with E-state index in [1.165, 1.54) is 5.56 Å². The number of benzene rings is 2. The Hall–Kier alpha value is -2.40. The van der Waals surface area contributed by atoms with E-state index >= 15 is 0 Å². The predicted molar refractivity (Wildman–Crippen MR) is 116 cm³/mol. The molecule has 1 atom stereocenters. The number of aryl methyl sites for hydroxylation is 2. The first-order valence-electron chi connectivity index (χ1n) is 9.55. The molecule has 4 nitrogen and oxygen atoms in total. The molecule has 27 heavy (non-hydrogen) atoms. The molecule has 3 rings (SSSR count). The molecule has 0 saturated carbocycles. The minimum absolute atomic E-state index is 0.200. The molecule has 2 aromatic rings. The lowest BCUT2D eigenvalue weighted by molar-refractivity contribution is -0.117. The predicted octanol–water partition coefficient (Wildman–Crippen LogP) is 4.43. The van der Waals surface area contributed by atoms with Crippen LogP contribution in [0.15, 0.2) is 48.5 Å². The number of rotatable bonds is 6. The van der Waals surface area contributed by atoms with Crippen molar-refractivity contribution in [3.63, 3.8) is 0 Å². The maximum absolute atomic E-state index is 12.1. The van der Waals surface area contributed by atoms with E-state index in [2.05, 4.69) is 41.8 Å². The summed E-state index contributed by atoms with van der Waals surface area (Å²) in [5.41, 5.74) is 4.32. The fourth-order valence-electron chi connectivity index (χ4n) is 3.37. The molecule has 0 spiro atoms. The molecule has 5 heteroatoms. The Morgan fingerprint density at radius 3 is 2.70 bits per heavy atom. The molecule has 0 radical (unpaired) electrons. The highest BCUT2D eigenvalue weighted by Crippen LogP contribution is 2.28. The lowest BCUT2D eigenvalue weighted by atomic mass is 10.1. The van der Waals surface area contributed by atoms with Crippen LogP contribution >= 0.6 is 12.2 Å². The van der Waals surface area contributed by atoms with E-state index in [0.29, 0.717) is 11.5 Å². The summed E-state index contributed by atoms with van der Waals surface area (Å²) in [6.45, 7) is 4.97. The van der Waals surface area contributed by atoms with E-state index in [1.807, 2.05) is 36.1 Å². The van der Waals surface area contributed by atoms with Gasteiger partial charge in [-0.15, -0.1) is 0 Å². The van der Waals surface area contributed by atoms with Crippen LogP contribution in [0, 0.1) is 6.92 Å². The molecule has 0 aromatic heterocycles. The molecule has 1 aliphatic rings. The first kappa shape index (κ1) is 19.4. The summed E-state index contributed by atoms with van der Waals surface area (Å²) >= 11 is 5.47. The van der Waals surface area contributed by atoms with E-state index in [4.69, 9.17) is 12.2 Å². The Morgan fingerprint density at radius 2 is 2.00 bits per heavy atom. The SMILES string of the molecule is Cc1ccc(NC(=S)N[C@@H](C)CCc2ccccc2)cc1N1CCCC1=O. The minimum atomic E-state index is 0.200. The van der Waals surface area contributed by atoms with Gasteiger partial charge in [0.1, 0.15) is 0 Å². The molecule has 0 bridgehead atoms. The topological polar surface area (TPSA) is 44.4 Å². The molecule has 0 unspecified atom stereocenters. The first-order chi connectivity index (χ1) is 13.0. The molecule has 1 amide bonds. The summed E-state index contributed by atoms with van der Waals surface area (Å²) in [7, 11) is 0. The summed E-state index contributed by atoms with van der Waals surface area (Å²) in [5, 5.41) is 7.22. The van der Waals surface area contributed by atoms with Crippen molar-refractivity contribution >= 4 is 34.6 Å². The molecular weight excluding hydrogens is 354 g/mol. The van der Waals surface area contributed by atoms with Crippen LogP contribution in [0.1, 0.15) is 37.3 Å². The zero-order valence-corrected chi connectivity index (χ0v) is 16.8. The highest BCUT2D eigenvalue weighted by Gasteiger charge is 2.23. The van der Waals surface area contributed by atoms with E-state index in [9.17, 15) is 4.79 Å². The number of carbonyl (C=O) groups is 1. The Balaban J connectivity index is 1.55. The third-order valence-corrected chi connectivity index (χ3v) is 5.14. The van der Waals surface area contributed by atoms with Gasteiger partial charge < -0.3 is 15.5 Å². The van der Waals surface area contributed by atoms with Crippen molar-refractivity contribution in [1.82, 2.24) is 5.32 Å². The second kappa shape index (κ2) is 9.00. The van der Waals surface area contributed by atoms with Gasteiger partial charge in [-0.3, -0.25) is 4.79 Å². The summed E-state index contributed by atoms with van der Waals surface area (Å²) in [6.07, 6.45) is 3.58. The van der Waals surface area contributed by atoms with Crippen LogP contribution in [-0.4, -0.2) is 23.6 Å². The summed E-state index contributed by atoms with van der Waals surface area (Å²) in [6, 6.07) is 16.8. The lowest BCUT2D eigenvalue weighted by Gasteiger charge is -2.21. The third-order valence-electron chi connectivity index (χ3n) is 4.92. The zero-order valence-electron chi connectivity index (χ0n) is 16.0. The zero-order chi connectivity index (χ0) is 19.2. The number of amides is 1. The van der Waals surface area contributed by atoms with Crippen LogP contribution in [0.2, 0.25) is 0 Å². The van der Waals surface area contributed by atoms with Crippen molar-refractivity contribution in [2.75, 3.05) is 16.8 Å². The van der Waals surface area contributed by atoms with Gasteiger partial charge in [-0.1, -0.05) is 36.4 Å². The molecule has 1 fully saturated rings. The van der Waals surface area contributed by atoms with E-state index in [1.54, 1.807) is 0 Å². The number of carbonyl (C=O) groups excluding carboxylic acids is 1. The van der Waals surface area contributed by atoms with Crippen LogP contribution in [0.3, 0.4) is 0 Å². The van der Waals surface area contributed by atoms with Crippen LogP contribution < -0.4 is 15.5 Å². The Kier molecular flexibility index (Phi) is 6.45. The average molecular weight is 382 g/mol. The van der Waals surface area contributed by atoms with E-state index < -0.39 is 0 Å². The van der Waals surface area contributed by atoms with Gasteiger partial charge in [0.15, 0.2) is 5.11 Å². The fourth-order valence-corrected chi connectivity index (χ4v) is 3.69. The van der Waals surface area contributed by atoms with Gasteiger partial charge >= 0.3 is 0 Å². The molecule has 0 aliphatic carbocycles. The number of thiocarbonyl (C=S) groups is 1. The number of anilines is 2. The van der Waals surface area contributed by atoms with Gasteiger partial charge in [-0.25, -0.2) is 0 Å². The van der Waals surface area contributed by atoms with Crippen molar-refractivity contribution in [3.8, 4) is 0 Å². The molecule has 2 N–H and O–H groups in total. The van der Waals surface area contributed by atoms with Gasteiger partial charge in [-0.05, 0) is 68.6 Å². The summed E-state index contributed by atoms with van der Waals surface area (Å²) in [5.74, 6) is 0.200. The van der Waals surface area contributed by atoms with Gasteiger partial charge in [0.05, 0.1) is 0 Å². The molecule has 1 saturated heterocycles. The number of nitrogens with zero attached hydrogens (tertiary/aromatic N) is 1. The van der Waals surface area contributed by atoms with Crippen molar-refractivity contribution < 1.29 is 4.79 Å². The lowest BCUT2D eigenvalue weighted by Crippen LogP contribution is -2.36. The Labute approximate surface area is 167 Å². The summed E-state index contributed by atoms with van der Waals surface area (Å²) < 4.78 is 0. The number of hydrogen-bond acceptors (Lipinski definition) is 2. The quantitative estimate of drug-likeness (QED) is 0.727. The van der Waals surface area contributed by atoms with Crippen molar-refractivity contribution in [2.24, 2.45) is 0 Å². The second-order valence-electron chi connectivity index (χ2n) is 7.17. The summed E-state index contributed by atoms with van der Waals surface area (Å²) in [4.78, 5) is 13.9. The maximum atomic E-state index is 12.1. The highest BCUT2D eigenvalue weighted by molar-refractivity contribution is 7.80. The largest absolute Gasteiger partial charge is 0.360 e.